The lowest BCUT2D eigenvalue weighted by Crippen LogP contribution is -2.48. The number of nitrogens with one attached hydrogen (secondary N) is 1. The van der Waals surface area contributed by atoms with Crippen molar-refractivity contribution in [3.8, 4) is 0 Å². The second-order valence-corrected chi connectivity index (χ2v) is 8.41. The monoisotopic (exact) mass is 421 g/mol. The van der Waals surface area contributed by atoms with E-state index in [0.717, 1.165) is 24.2 Å². The Balaban J connectivity index is 1.69. The molecule has 4 atom stereocenters. The van der Waals surface area contributed by atoms with Crippen molar-refractivity contribution in [2.45, 2.75) is 38.9 Å². The van der Waals surface area contributed by atoms with Gasteiger partial charge in [-0.2, -0.15) is 0 Å². The van der Waals surface area contributed by atoms with Gasteiger partial charge in [0.1, 0.15) is 0 Å². The molecule has 1 saturated heterocycles. The molecule has 0 unspecified atom stereocenters. The van der Waals surface area contributed by atoms with Crippen LogP contribution in [0.2, 0.25) is 0 Å². The van der Waals surface area contributed by atoms with Gasteiger partial charge in [0.15, 0.2) is 0 Å². The van der Waals surface area contributed by atoms with Gasteiger partial charge >= 0.3 is 0 Å². The van der Waals surface area contributed by atoms with E-state index in [9.17, 15) is 14.7 Å². The summed E-state index contributed by atoms with van der Waals surface area (Å²) in [7, 11) is 0. The number of hydrogen-bond acceptors (Lipinski definition) is 4. The van der Waals surface area contributed by atoms with Crippen LogP contribution in [0, 0.1) is 11.8 Å². The van der Waals surface area contributed by atoms with Crippen molar-refractivity contribution in [3.63, 3.8) is 0 Å². The van der Waals surface area contributed by atoms with E-state index < -0.39 is 0 Å². The van der Waals surface area contributed by atoms with Gasteiger partial charge in [-0.3, -0.25) is 14.5 Å². The van der Waals surface area contributed by atoms with Crippen LogP contribution in [0.3, 0.4) is 0 Å². The van der Waals surface area contributed by atoms with E-state index in [-0.39, 0.29) is 42.0 Å². The lowest BCUT2D eigenvalue weighted by molar-refractivity contribution is -0.127. The summed E-state index contributed by atoms with van der Waals surface area (Å²) in [5, 5.41) is 13.1. The molecular weight excluding hydrogens is 390 g/mol. The van der Waals surface area contributed by atoms with E-state index in [4.69, 9.17) is 0 Å². The third-order valence-corrected chi connectivity index (χ3v) is 6.58. The Morgan fingerprint density at radius 2 is 1.94 bits per heavy atom. The molecule has 6 heteroatoms. The van der Waals surface area contributed by atoms with Crippen LogP contribution in [0.1, 0.15) is 43.1 Å². The van der Waals surface area contributed by atoms with Crippen LogP contribution < -0.4 is 10.9 Å². The van der Waals surface area contributed by atoms with E-state index in [2.05, 4.69) is 17.1 Å². The molecule has 0 radical (unpaired) electrons. The third-order valence-electron chi connectivity index (χ3n) is 6.58. The standard InChI is InChI=1S/C25H31N3O3/c1-3-14-27-22-19(20(16-29)23(27)24(30)26-4-2)15-28-21(22)13-12-18(25(28)31)11-10-17-8-6-5-7-9-17/h5-13,19-20,22-23,29H,3-4,14-16H2,1-2H3,(H,26,30)/b11-10+/t19-,20-,22+,23-/m0/s1. The fourth-order valence-corrected chi connectivity index (χ4v) is 5.30. The molecule has 1 fully saturated rings. The van der Waals surface area contributed by atoms with Crippen LogP contribution in [0.15, 0.2) is 47.3 Å². The lowest BCUT2D eigenvalue weighted by Gasteiger charge is -2.30. The molecule has 2 aliphatic heterocycles. The molecule has 2 N–H and O–H groups in total. The number of carbonyl (C=O) groups excluding carboxylic acids is 1. The average molecular weight is 422 g/mol. The van der Waals surface area contributed by atoms with Gasteiger partial charge in [-0.1, -0.05) is 43.3 Å². The first-order chi connectivity index (χ1) is 15.1. The van der Waals surface area contributed by atoms with E-state index in [1.54, 1.807) is 0 Å². The molecular formula is C25H31N3O3. The van der Waals surface area contributed by atoms with Crippen molar-refractivity contribution < 1.29 is 9.90 Å². The summed E-state index contributed by atoms with van der Waals surface area (Å²) in [6, 6.07) is 13.4. The van der Waals surface area contributed by atoms with Crippen LogP contribution >= 0.6 is 0 Å². The van der Waals surface area contributed by atoms with Crippen molar-refractivity contribution >= 4 is 18.1 Å². The first-order valence-electron chi connectivity index (χ1n) is 11.2. The first-order valence-corrected chi connectivity index (χ1v) is 11.2. The molecule has 31 heavy (non-hydrogen) atoms. The molecule has 1 amide bonds. The molecule has 2 aliphatic rings. The molecule has 4 rings (SSSR count). The number of aliphatic hydroxyl groups excluding tert-OH is 1. The normalized spacial score (nSPS) is 25.0. The predicted octanol–water partition coefficient (Wildman–Crippen LogP) is 2.53. The SMILES string of the molecule is CCCN1[C@H](C(=O)NCC)[C@@H](CO)[C@@H]2Cn3c(ccc(/C=C/c4ccccc4)c3=O)[C@@H]21. The van der Waals surface area contributed by atoms with E-state index in [0.29, 0.717) is 18.7 Å². The lowest BCUT2D eigenvalue weighted by atomic mass is 9.88. The first kappa shape index (κ1) is 21.5. The smallest absolute Gasteiger partial charge is 0.258 e. The van der Waals surface area contributed by atoms with E-state index in [1.165, 1.54) is 0 Å². The number of aromatic nitrogens is 1. The summed E-state index contributed by atoms with van der Waals surface area (Å²) in [5.41, 5.74) is 2.63. The number of fused-ring (bicyclic) bond motifs is 3. The molecule has 1 aromatic heterocycles. The van der Waals surface area contributed by atoms with Gasteiger partial charge < -0.3 is 15.0 Å². The number of rotatable bonds is 7. The van der Waals surface area contributed by atoms with Crippen LogP contribution in [0.25, 0.3) is 12.2 Å². The number of hydrogen-bond donors (Lipinski definition) is 2. The summed E-state index contributed by atoms with van der Waals surface area (Å²) in [6.07, 6.45) is 4.72. The van der Waals surface area contributed by atoms with Crippen molar-refractivity contribution in [1.82, 2.24) is 14.8 Å². The van der Waals surface area contributed by atoms with Crippen molar-refractivity contribution in [2.75, 3.05) is 19.7 Å². The molecule has 0 saturated carbocycles. The quantitative estimate of drug-likeness (QED) is 0.721. The highest BCUT2D eigenvalue weighted by atomic mass is 16.3. The number of amides is 1. The minimum atomic E-state index is -0.360. The minimum absolute atomic E-state index is 0.0122. The second kappa shape index (κ2) is 9.20. The molecule has 0 bridgehead atoms. The Labute approximate surface area is 183 Å². The highest BCUT2D eigenvalue weighted by Crippen LogP contribution is 2.49. The molecule has 3 heterocycles. The summed E-state index contributed by atoms with van der Waals surface area (Å²) < 4.78 is 1.85. The fraction of sp³-hybridized carbons (Fsp3) is 0.440. The van der Waals surface area contributed by atoms with Crippen LogP contribution in [0.5, 0.6) is 0 Å². The predicted molar refractivity (Wildman–Crippen MR) is 122 cm³/mol. The highest BCUT2D eigenvalue weighted by molar-refractivity contribution is 5.82. The Kier molecular flexibility index (Phi) is 6.39. The Morgan fingerprint density at radius 3 is 2.61 bits per heavy atom. The van der Waals surface area contributed by atoms with Crippen molar-refractivity contribution in [2.24, 2.45) is 11.8 Å². The topological polar surface area (TPSA) is 74.6 Å². The maximum Gasteiger partial charge on any atom is 0.258 e. The summed E-state index contributed by atoms with van der Waals surface area (Å²) in [6.45, 7) is 5.79. The second-order valence-electron chi connectivity index (χ2n) is 8.41. The number of carbonyl (C=O) groups is 1. The summed E-state index contributed by atoms with van der Waals surface area (Å²) in [5.74, 6) is -0.170. The fourth-order valence-electron chi connectivity index (χ4n) is 5.30. The van der Waals surface area contributed by atoms with Gasteiger partial charge in [-0.25, -0.2) is 0 Å². The van der Waals surface area contributed by atoms with Gasteiger partial charge in [-0.05, 0) is 43.7 Å². The zero-order valence-electron chi connectivity index (χ0n) is 18.2. The third kappa shape index (κ3) is 3.86. The zero-order valence-corrected chi connectivity index (χ0v) is 18.2. The molecule has 164 valence electrons. The van der Waals surface area contributed by atoms with Gasteiger partial charge in [0.05, 0.1) is 12.1 Å². The average Bonchev–Trinajstić information content (AvgIpc) is 3.30. The van der Waals surface area contributed by atoms with Crippen LogP contribution in [0.4, 0.5) is 0 Å². The minimum Gasteiger partial charge on any atom is -0.396 e. The number of benzene rings is 1. The summed E-state index contributed by atoms with van der Waals surface area (Å²) in [4.78, 5) is 28.3. The van der Waals surface area contributed by atoms with Crippen LogP contribution in [-0.2, 0) is 11.3 Å². The van der Waals surface area contributed by atoms with Gasteiger partial charge in [0.25, 0.3) is 5.56 Å². The zero-order chi connectivity index (χ0) is 22.0. The maximum absolute atomic E-state index is 13.2. The van der Waals surface area contributed by atoms with Gasteiger partial charge in [0.2, 0.25) is 5.91 Å². The number of likely N-dealkylation sites (tertiary alicyclic amines) is 1. The number of aliphatic hydroxyl groups is 1. The number of nitrogens with zero attached hydrogens (tertiary/aromatic N) is 2. The highest BCUT2D eigenvalue weighted by Gasteiger charge is 2.55. The Hall–Kier alpha value is -2.70. The summed E-state index contributed by atoms with van der Waals surface area (Å²) >= 11 is 0. The largest absolute Gasteiger partial charge is 0.396 e. The molecule has 2 aromatic rings. The Bertz CT molecular complexity index is 1010. The van der Waals surface area contributed by atoms with Crippen LogP contribution in [-0.4, -0.2) is 46.2 Å². The van der Waals surface area contributed by atoms with Gasteiger partial charge in [0, 0.05) is 42.8 Å². The van der Waals surface area contributed by atoms with Crippen molar-refractivity contribution in [3.05, 3.63) is 69.6 Å². The van der Waals surface area contributed by atoms with E-state index >= 15 is 0 Å². The van der Waals surface area contributed by atoms with Crippen molar-refractivity contribution in [1.29, 1.82) is 0 Å². The molecule has 0 aliphatic carbocycles. The Morgan fingerprint density at radius 1 is 1.16 bits per heavy atom. The van der Waals surface area contributed by atoms with Gasteiger partial charge in [-0.15, -0.1) is 0 Å². The number of likely N-dealkylation sites (N-methyl/N-ethyl adjacent to an activating group) is 1. The number of pyridine rings is 1. The molecule has 6 nitrogen and oxygen atoms in total. The van der Waals surface area contributed by atoms with E-state index in [1.807, 2.05) is 66.1 Å². The molecule has 1 aromatic carbocycles. The molecule has 0 spiro atoms. The maximum atomic E-state index is 13.2.